The van der Waals surface area contributed by atoms with Crippen LogP contribution in [0, 0.1) is 0 Å². The summed E-state index contributed by atoms with van der Waals surface area (Å²) >= 11 is 3.02. The number of carbonyl (C=O) groups excluding carboxylic acids is 2. The number of nitrogens with zero attached hydrogens (tertiary/aromatic N) is 4. The zero-order valence-corrected chi connectivity index (χ0v) is 20.6. The van der Waals surface area contributed by atoms with E-state index < -0.39 is 29.2 Å². The van der Waals surface area contributed by atoms with Gasteiger partial charge in [0.1, 0.15) is 35.7 Å². The number of anilines is 1. The van der Waals surface area contributed by atoms with Gasteiger partial charge >= 0.3 is 5.97 Å². The van der Waals surface area contributed by atoms with Crippen molar-refractivity contribution in [2.45, 2.75) is 18.0 Å². The fraction of sp³-hybridized carbons (Fsp3) is 0.217. The molecule has 3 aromatic heterocycles. The highest BCUT2D eigenvalue weighted by Crippen LogP contribution is 2.40. The van der Waals surface area contributed by atoms with Crippen molar-refractivity contribution in [3.8, 4) is 0 Å². The fourth-order valence-corrected chi connectivity index (χ4v) is 6.26. The van der Waals surface area contributed by atoms with Crippen molar-refractivity contribution in [2.75, 3.05) is 18.6 Å². The molecule has 1 unspecified atom stereocenters. The summed E-state index contributed by atoms with van der Waals surface area (Å²) in [6.45, 7) is 0.333. The molecule has 0 spiro atoms. The summed E-state index contributed by atoms with van der Waals surface area (Å²) in [6, 6.07) is 7.78. The second-order valence-corrected chi connectivity index (χ2v) is 10.1. The van der Waals surface area contributed by atoms with Gasteiger partial charge in [-0.15, -0.1) is 23.1 Å². The number of amides is 2. The average Bonchev–Trinajstić information content (AvgIpc) is 3.33. The highest BCUT2D eigenvalue weighted by molar-refractivity contribution is 8.00. The maximum Gasteiger partial charge on any atom is 0.352 e. The molecule has 2 amide bonds. The molecule has 2 atom stereocenters. The molecule has 0 radical (unpaired) electrons. The first-order valence-corrected chi connectivity index (χ1v) is 12.7. The van der Waals surface area contributed by atoms with E-state index in [0.717, 1.165) is 10.1 Å². The van der Waals surface area contributed by atoms with Crippen LogP contribution in [0.4, 0.5) is 5.82 Å². The maximum atomic E-state index is 13.0. The summed E-state index contributed by atoms with van der Waals surface area (Å²) in [5.41, 5.74) is 6.32. The van der Waals surface area contributed by atoms with E-state index in [-0.39, 0.29) is 22.9 Å². The van der Waals surface area contributed by atoms with E-state index in [2.05, 4.69) is 15.5 Å². The maximum absolute atomic E-state index is 13.0. The molecular formula is C23H21N6O5S2+. The molecule has 13 heteroatoms. The summed E-state index contributed by atoms with van der Waals surface area (Å²) in [6.07, 6.45) is 3.85. The smallest absolute Gasteiger partial charge is 0.352 e. The van der Waals surface area contributed by atoms with Crippen LogP contribution in [0.25, 0.3) is 10.1 Å². The second kappa shape index (κ2) is 9.59. The molecule has 3 aromatic rings. The van der Waals surface area contributed by atoms with Crippen LogP contribution in [0.2, 0.25) is 0 Å². The lowest BCUT2D eigenvalue weighted by molar-refractivity contribution is -0.687. The highest BCUT2D eigenvalue weighted by Gasteiger charge is 2.54. The number of rotatable bonds is 7. The first-order chi connectivity index (χ1) is 17.4. The number of nitrogens with one attached hydrogen (secondary N) is 1. The van der Waals surface area contributed by atoms with Crippen molar-refractivity contribution in [3.05, 3.63) is 65.1 Å². The van der Waals surface area contributed by atoms with E-state index in [4.69, 9.17) is 10.6 Å². The highest BCUT2D eigenvalue weighted by atomic mass is 32.2. The average molecular weight is 526 g/mol. The predicted molar refractivity (Wildman–Crippen MR) is 134 cm³/mol. The van der Waals surface area contributed by atoms with Gasteiger partial charge in [-0.05, 0) is 23.6 Å². The third kappa shape index (κ3) is 4.27. The van der Waals surface area contributed by atoms with Crippen molar-refractivity contribution in [3.63, 3.8) is 0 Å². The molecule has 5 heterocycles. The lowest BCUT2D eigenvalue weighted by atomic mass is 10.0. The molecule has 1 fully saturated rings. The molecule has 11 nitrogen and oxygen atoms in total. The molecule has 0 aromatic carbocycles. The predicted octanol–water partition coefficient (Wildman–Crippen LogP) is 0.955. The van der Waals surface area contributed by atoms with Gasteiger partial charge in [0.25, 0.3) is 11.8 Å². The van der Waals surface area contributed by atoms with E-state index >= 15 is 0 Å². The zero-order valence-electron chi connectivity index (χ0n) is 19.0. The summed E-state index contributed by atoms with van der Waals surface area (Å²) < 4.78 is 3.04. The molecular weight excluding hydrogens is 504 g/mol. The van der Waals surface area contributed by atoms with E-state index in [1.165, 1.54) is 23.8 Å². The quantitative estimate of drug-likeness (QED) is 0.179. The number of thioether (sulfide) groups is 1. The number of aromatic nitrogens is 2. The molecule has 2 aliphatic rings. The summed E-state index contributed by atoms with van der Waals surface area (Å²) in [7, 11) is 1.28. The number of hydrogen-bond donors (Lipinski definition) is 3. The Morgan fingerprint density at radius 2 is 2.19 bits per heavy atom. The van der Waals surface area contributed by atoms with Crippen molar-refractivity contribution in [1.29, 1.82) is 0 Å². The summed E-state index contributed by atoms with van der Waals surface area (Å²) in [5.74, 6) is -1.79. The molecule has 1 saturated heterocycles. The van der Waals surface area contributed by atoms with Gasteiger partial charge in [0.15, 0.2) is 24.7 Å². The first-order valence-electron chi connectivity index (χ1n) is 10.8. The number of carboxylic acid groups (broad SMARTS) is 1. The van der Waals surface area contributed by atoms with Crippen molar-refractivity contribution in [2.24, 2.45) is 5.16 Å². The molecule has 4 N–H and O–H groups in total. The molecule has 184 valence electrons. The minimum absolute atomic E-state index is 0.0459. The standard InChI is InChI=1S/C23H20N6O5S2/c1-34-27-17(14-3-2-4-16(24)25-14)20(30)26-18-21(31)29-19(23(32)33)13(11-36-22(18)29)10-28-7-5-15-12(9-28)6-8-35-15/h2-9,18,22H,10-11H2,1H3,(H3-,24,25,26,30,32,33)/p+1/t18?,22-/m1/s1. The molecule has 0 aliphatic carbocycles. The number of oxime groups is 1. The van der Waals surface area contributed by atoms with E-state index in [9.17, 15) is 19.5 Å². The Labute approximate surface area is 213 Å². The number of hydrogen-bond acceptors (Lipinski definition) is 9. The van der Waals surface area contributed by atoms with Crippen molar-refractivity contribution >= 4 is 62.5 Å². The van der Waals surface area contributed by atoms with Gasteiger partial charge in [-0.3, -0.25) is 14.5 Å². The Hall–Kier alpha value is -3.97. The minimum Gasteiger partial charge on any atom is -0.477 e. The Balaban J connectivity index is 1.36. The van der Waals surface area contributed by atoms with Gasteiger partial charge in [0, 0.05) is 22.1 Å². The molecule has 2 aliphatic heterocycles. The summed E-state index contributed by atoms with van der Waals surface area (Å²) in [5, 5.41) is 18.8. The number of fused-ring (bicyclic) bond motifs is 2. The molecule has 0 bridgehead atoms. The Kier molecular flexibility index (Phi) is 6.33. The van der Waals surface area contributed by atoms with Crippen LogP contribution in [-0.4, -0.2) is 62.8 Å². The van der Waals surface area contributed by atoms with Gasteiger partial charge in [0.05, 0.1) is 5.39 Å². The number of pyridine rings is 2. The molecule has 36 heavy (non-hydrogen) atoms. The van der Waals surface area contributed by atoms with Crippen LogP contribution in [0.1, 0.15) is 5.69 Å². The monoisotopic (exact) mass is 525 g/mol. The van der Waals surface area contributed by atoms with E-state index in [1.807, 2.05) is 34.5 Å². The third-order valence-electron chi connectivity index (χ3n) is 5.77. The van der Waals surface area contributed by atoms with E-state index in [0.29, 0.717) is 17.9 Å². The van der Waals surface area contributed by atoms with Crippen LogP contribution in [0.5, 0.6) is 0 Å². The third-order valence-corrected chi connectivity index (χ3v) is 8.01. The van der Waals surface area contributed by atoms with Crippen LogP contribution in [0.3, 0.4) is 0 Å². The number of aliphatic carboxylic acids is 1. The number of nitrogens with two attached hydrogens (primary N) is 1. The van der Waals surface area contributed by atoms with Gasteiger partial charge in [-0.25, -0.2) is 14.3 Å². The van der Waals surface area contributed by atoms with Crippen LogP contribution in [-0.2, 0) is 25.8 Å². The van der Waals surface area contributed by atoms with Crippen LogP contribution in [0.15, 0.2) is 64.5 Å². The lowest BCUT2D eigenvalue weighted by Crippen LogP contribution is -2.71. The molecule has 5 rings (SSSR count). The zero-order chi connectivity index (χ0) is 25.4. The lowest BCUT2D eigenvalue weighted by Gasteiger charge is -2.49. The Morgan fingerprint density at radius 3 is 2.94 bits per heavy atom. The van der Waals surface area contributed by atoms with Gasteiger partial charge in [-0.1, -0.05) is 11.2 Å². The SMILES string of the molecule is CON=C(C(=O)NC1C(=O)N2C(C(=O)O)=C(C[n+]3ccc4sccc4c3)CS[C@H]12)c1cccc(N)n1. The number of carbonyl (C=O) groups is 3. The van der Waals surface area contributed by atoms with Crippen molar-refractivity contribution < 1.29 is 28.9 Å². The van der Waals surface area contributed by atoms with E-state index in [1.54, 1.807) is 29.5 Å². The topological polar surface area (TPSA) is 151 Å². The van der Waals surface area contributed by atoms with Crippen LogP contribution >= 0.6 is 23.1 Å². The molecule has 0 saturated carbocycles. The van der Waals surface area contributed by atoms with Gasteiger partial charge in [-0.2, -0.15) is 0 Å². The number of thiophene rings is 1. The van der Waals surface area contributed by atoms with Crippen molar-refractivity contribution in [1.82, 2.24) is 15.2 Å². The first kappa shape index (κ1) is 23.8. The van der Waals surface area contributed by atoms with Gasteiger partial charge < -0.3 is 21.0 Å². The largest absolute Gasteiger partial charge is 0.477 e. The number of nitrogen functional groups attached to an aromatic ring is 1. The number of carboxylic acids is 1. The Morgan fingerprint density at radius 1 is 1.36 bits per heavy atom. The Bertz CT molecular complexity index is 1450. The number of β-lactam (4-membered cyclic amide) rings is 1. The van der Waals surface area contributed by atoms with Crippen LogP contribution < -0.4 is 15.6 Å². The normalized spacial score (nSPS) is 19.6. The second-order valence-electron chi connectivity index (χ2n) is 8.05. The fourth-order valence-electron chi connectivity index (χ4n) is 4.17. The van der Waals surface area contributed by atoms with Gasteiger partial charge in [0.2, 0.25) is 0 Å². The minimum atomic E-state index is -1.18. The summed E-state index contributed by atoms with van der Waals surface area (Å²) in [4.78, 5) is 48.3.